The molecule has 0 bridgehead atoms. The maximum atomic E-state index is 12.1. The van der Waals surface area contributed by atoms with E-state index in [0.717, 1.165) is 29.8 Å². The fourth-order valence-electron chi connectivity index (χ4n) is 2.25. The third-order valence-electron chi connectivity index (χ3n) is 3.06. The van der Waals surface area contributed by atoms with Gasteiger partial charge >= 0.3 is 0 Å². The summed E-state index contributed by atoms with van der Waals surface area (Å²) in [4.78, 5) is 13.8. The van der Waals surface area contributed by atoms with Gasteiger partial charge in [0.1, 0.15) is 5.75 Å². The summed E-state index contributed by atoms with van der Waals surface area (Å²) in [5, 5.41) is 0. The monoisotopic (exact) mass is 234 g/mol. The van der Waals surface area contributed by atoms with Crippen molar-refractivity contribution in [2.24, 2.45) is 5.73 Å². The van der Waals surface area contributed by atoms with E-state index in [9.17, 15) is 4.79 Å². The smallest absolute Gasteiger partial charge is 0.243 e. The van der Waals surface area contributed by atoms with E-state index >= 15 is 0 Å². The highest BCUT2D eigenvalue weighted by Crippen LogP contribution is 2.36. The van der Waals surface area contributed by atoms with E-state index in [2.05, 4.69) is 0 Å². The second-order valence-corrected chi connectivity index (χ2v) is 4.35. The molecule has 1 atom stereocenters. The van der Waals surface area contributed by atoms with E-state index in [0.29, 0.717) is 6.54 Å². The number of benzene rings is 1. The van der Waals surface area contributed by atoms with Crippen molar-refractivity contribution in [2.75, 3.05) is 18.6 Å². The Hall–Kier alpha value is -1.55. The first-order valence-corrected chi connectivity index (χ1v) is 5.88. The molecule has 0 fully saturated rings. The van der Waals surface area contributed by atoms with Gasteiger partial charge in [-0.25, -0.2) is 0 Å². The highest BCUT2D eigenvalue weighted by molar-refractivity contribution is 5.99. The summed E-state index contributed by atoms with van der Waals surface area (Å²) in [5.41, 5.74) is 7.73. The van der Waals surface area contributed by atoms with Crippen LogP contribution in [0.2, 0.25) is 0 Å². The van der Waals surface area contributed by atoms with Crippen LogP contribution in [-0.2, 0) is 11.2 Å². The van der Waals surface area contributed by atoms with Crippen molar-refractivity contribution in [3.05, 3.63) is 23.8 Å². The summed E-state index contributed by atoms with van der Waals surface area (Å²) in [6.07, 6.45) is 1.95. The SMILES string of the molecule is COc1cccc2c1N(C(=O)[C@H](C)N)CCC2. The van der Waals surface area contributed by atoms with E-state index in [1.165, 1.54) is 0 Å². The van der Waals surface area contributed by atoms with Crippen molar-refractivity contribution in [1.29, 1.82) is 0 Å². The first-order valence-electron chi connectivity index (χ1n) is 5.88. The summed E-state index contributed by atoms with van der Waals surface area (Å²) >= 11 is 0. The third-order valence-corrected chi connectivity index (χ3v) is 3.06. The molecule has 2 rings (SSSR count). The van der Waals surface area contributed by atoms with Crippen LogP contribution in [0.3, 0.4) is 0 Å². The standard InChI is InChI=1S/C13H18N2O2/c1-9(14)13(16)15-8-4-6-10-5-3-7-11(17-2)12(10)15/h3,5,7,9H,4,6,8,14H2,1-2H3/t9-/m0/s1. The van der Waals surface area contributed by atoms with Gasteiger partial charge in [0, 0.05) is 6.54 Å². The van der Waals surface area contributed by atoms with Gasteiger partial charge in [0.25, 0.3) is 0 Å². The molecule has 0 saturated heterocycles. The van der Waals surface area contributed by atoms with Gasteiger partial charge in [-0.3, -0.25) is 4.79 Å². The number of carbonyl (C=O) groups excluding carboxylic acids is 1. The van der Waals surface area contributed by atoms with Gasteiger partial charge in [-0.15, -0.1) is 0 Å². The number of hydrogen-bond donors (Lipinski definition) is 1. The Bertz CT molecular complexity index is 415. The summed E-state index contributed by atoms with van der Waals surface area (Å²) < 4.78 is 5.34. The molecule has 0 radical (unpaired) electrons. The third kappa shape index (κ3) is 2.13. The lowest BCUT2D eigenvalue weighted by atomic mass is 10.0. The minimum absolute atomic E-state index is 0.0459. The number of hydrogen-bond acceptors (Lipinski definition) is 3. The largest absolute Gasteiger partial charge is 0.495 e. The average molecular weight is 234 g/mol. The van der Waals surface area contributed by atoms with Crippen LogP contribution in [0.25, 0.3) is 0 Å². The average Bonchev–Trinajstić information content (AvgIpc) is 2.36. The normalized spacial score (nSPS) is 16.3. The number of ether oxygens (including phenoxy) is 1. The van der Waals surface area contributed by atoms with E-state index in [1.807, 2.05) is 18.2 Å². The molecule has 1 aliphatic rings. The van der Waals surface area contributed by atoms with Crippen LogP contribution < -0.4 is 15.4 Å². The number of aryl methyl sites for hydroxylation is 1. The Morgan fingerprint density at radius 1 is 1.53 bits per heavy atom. The van der Waals surface area contributed by atoms with Gasteiger partial charge < -0.3 is 15.4 Å². The summed E-state index contributed by atoms with van der Waals surface area (Å²) in [6.45, 7) is 2.43. The van der Waals surface area contributed by atoms with Gasteiger partial charge in [0.15, 0.2) is 0 Å². The number of carbonyl (C=O) groups is 1. The minimum atomic E-state index is -0.481. The van der Waals surface area contributed by atoms with E-state index in [4.69, 9.17) is 10.5 Å². The van der Waals surface area contributed by atoms with Crippen molar-refractivity contribution in [1.82, 2.24) is 0 Å². The molecule has 0 unspecified atom stereocenters. The molecule has 1 aromatic carbocycles. The predicted octanol–water partition coefficient (Wildman–Crippen LogP) is 1.32. The second-order valence-electron chi connectivity index (χ2n) is 4.35. The van der Waals surface area contributed by atoms with E-state index in [-0.39, 0.29) is 5.91 Å². The molecule has 1 aliphatic heterocycles. The van der Waals surface area contributed by atoms with Crippen LogP contribution in [0, 0.1) is 0 Å². The number of amides is 1. The zero-order chi connectivity index (χ0) is 12.4. The minimum Gasteiger partial charge on any atom is -0.495 e. The molecule has 0 spiro atoms. The van der Waals surface area contributed by atoms with Crippen LogP contribution in [0.1, 0.15) is 18.9 Å². The first-order chi connectivity index (χ1) is 8.15. The van der Waals surface area contributed by atoms with Gasteiger partial charge in [0.2, 0.25) is 5.91 Å². The molecule has 2 N–H and O–H groups in total. The van der Waals surface area contributed by atoms with Gasteiger partial charge in [-0.05, 0) is 31.4 Å². The zero-order valence-corrected chi connectivity index (χ0v) is 10.3. The fourth-order valence-corrected chi connectivity index (χ4v) is 2.25. The molecule has 1 amide bonds. The fraction of sp³-hybridized carbons (Fsp3) is 0.462. The van der Waals surface area contributed by atoms with Crippen LogP contribution in [-0.4, -0.2) is 25.6 Å². The number of fused-ring (bicyclic) bond motifs is 1. The molecule has 0 saturated carbocycles. The van der Waals surface area contributed by atoms with Crippen molar-refractivity contribution in [2.45, 2.75) is 25.8 Å². The highest BCUT2D eigenvalue weighted by Gasteiger charge is 2.27. The summed E-state index contributed by atoms with van der Waals surface area (Å²) in [6, 6.07) is 5.40. The second kappa shape index (κ2) is 4.75. The van der Waals surface area contributed by atoms with Crippen LogP contribution >= 0.6 is 0 Å². The molecule has 0 aliphatic carbocycles. The highest BCUT2D eigenvalue weighted by atomic mass is 16.5. The Morgan fingerprint density at radius 2 is 2.29 bits per heavy atom. The number of para-hydroxylation sites is 1. The molecule has 17 heavy (non-hydrogen) atoms. The lowest BCUT2D eigenvalue weighted by molar-refractivity contribution is -0.119. The molecule has 0 aromatic heterocycles. The van der Waals surface area contributed by atoms with E-state index < -0.39 is 6.04 Å². The van der Waals surface area contributed by atoms with E-state index in [1.54, 1.807) is 18.9 Å². The molecular weight excluding hydrogens is 216 g/mol. The Morgan fingerprint density at radius 3 is 2.94 bits per heavy atom. The molecule has 4 nitrogen and oxygen atoms in total. The van der Waals surface area contributed by atoms with Crippen molar-refractivity contribution >= 4 is 11.6 Å². The maximum Gasteiger partial charge on any atom is 0.243 e. The number of nitrogens with zero attached hydrogens (tertiary/aromatic N) is 1. The molecule has 92 valence electrons. The van der Waals surface area contributed by atoms with Crippen molar-refractivity contribution in [3.63, 3.8) is 0 Å². The number of anilines is 1. The lowest BCUT2D eigenvalue weighted by Crippen LogP contribution is -2.44. The molecule has 1 aromatic rings. The Labute approximate surface area is 101 Å². The quantitative estimate of drug-likeness (QED) is 0.839. The lowest BCUT2D eigenvalue weighted by Gasteiger charge is -2.31. The number of rotatable bonds is 2. The van der Waals surface area contributed by atoms with Gasteiger partial charge in [-0.2, -0.15) is 0 Å². The number of nitrogens with two attached hydrogens (primary N) is 1. The van der Waals surface area contributed by atoms with Crippen LogP contribution in [0.4, 0.5) is 5.69 Å². The van der Waals surface area contributed by atoms with Crippen LogP contribution in [0.15, 0.2) is 18.2 Å². The summed E-state index contributed by atoms with van der Waals surface area (Å²) in [5.74, 6) is 0.701. The van der Waals surface area contributed by atoms with Gasteiger partial charge in [-0.1, -0.05) is 12.1 Å². The first kappa shape index (κ1) is 11.9. The predicted molar refractivity (Wildman–Crippen MR) is 67.3 cm³/mol. The number of methoxy groups -OCH3 is 1. The summed E-state index contributed by atoms with van der Waals surface area (Å²) in [7, 11) is 1.62. The maximum absolute atomic E-state index is 12.1. The topological polar surface area (TPSA) is 55.6 Å². The zero-order valence-electron chi connectivity index (χ0n) is 10.3. The molecular formula is C13H18N2O2. The Balaban J connectivity index is 2.45. The van der Waals surface area contributed by atoms with Crippen LogP contribution in [0.5, 0.6) is 5.75 Å². The van der Waals surface area contributed by atoms with Crippen molar-refractivity contribution in [3.8, 4) is 5.75 Å². The van der Waals surface area contributed by atoms with Crippen molar-refractivity contribution < 1.29 is 9.53 Å². The van der Waals surface area contributed by atoms with Gasteiger partial charge in [0.05, 0.1) is 18.8 Å². The Kier molecular flexibility index (Phi) is 3.33. The molecule has 4 heteroatoms. The molecule has 1 heterocycles.